The van der Waals surface area contributed by atoms with Crippen LogP contribution in [0.1, 0.15) is 39.7 Å². The molecule has 9 nitrogen and oxygen atoms in total. The van der Waals surface area contributed by atoms with Gasteiger partial charge in [-0.05, 0) is 39.7 Å². The first-order valence-electron chi connectivity index (χ1n) is 9.63. The fraction of sp³-hybridized carbons (Fsp3) is 0.579. The van der Waals surface area contributed by atoms with Crippen molar-refractivity contribution < 1.29 is 14.3 Å². The van der Waals surface area contributed by atoms with E-state index in [1.54, 1.807) is 12.3 Å². The van der Waals surface area contributed by atoms with E-state index in [0.29, 0.717) is 24.6 Å². The maximum absolute atomic E-state index is 12.7. The molecule has 2 fully saturated rings. The lowest BCUT2D eigenvalue weighted by atomic mass is 9.90. The molecule has 29 heavy (non-hydrogen) atoms. The zero-order valence-corrected chi connectivity index (χ0v) is 17.5. The number of ether oxygens (including phenoxy) is 2. The molecule has 2 saturated heterocycles. The van der Waals surface area contributed by atoms with Crippen molar-refractivity contribution in [1.82, 2.24) is 24.9 Å². The molecule has 1 unspecified atom stereocenters. The minimum atomic E-state index is -0.528. The van der Waals surface area contributed by atoms with Crippen LogP contribution in [0.15, 0.2) is 18.5 Å². The smallest absolute Gasteiger partial charge is 0.410 e. The number of carbonyl (C=O) groups is 1. The summed E-state index contributed by atoms with van der Waals surface area (Å²) in [5.74, 6) is 0.305. The van der Waals surface area contributed by atoms with Crippen molar-refractivity contribution in [2.75, 3.05) is 18.9 Å². The number of nitrogens with two attached hydrogens (primary N) is 1. The van der Waals surface area contributed by atoms with Gasteiger partial charge in [0.25, 0.3) is 0 Å². The monoisotopic (exact) mass is 420 g/mol. The van der Waals surface area contributed by atoms with E-state index in [1.807, 2.05) is 36.5 Å². The molecule has 0 aliphatic carbocycles. The summed E-state index contributed by atoms with van der Waals surface area (Å²) in [6.45, 7) is 6.62. The average molecular weight is 421 g/mol. The van der Waals surface area contributed by atoms with E-state index in [4.69, 9.17) is 26.8 Å². The van der Waals surface area contributed by atoms with Crippen molar-refractivity contribution in [1.29, 1.82) is 0 Å². The number of morpholine rings is 1. The van der Waals surface area contributed by atoms with Crippen molar-refractivity contribution in [2.45, 2.75) is 57.3 Å². The molecule has 4 rings (SSSR count). The highest BCUT2D eigenvalue weighted by molar-refractivity contribution is 6.29. The molecule has 3 atom stereocenters. The molecule has 2 aliphatic rings. The predicted molar refractivity (Wildman–Crippen MR) is 107 cm³/mol. The highest BCUT2D eigenvalue weighted by atomic mass is 35.5. The van der Waals surface area contributed by atoms with Gasteiger partial charge in [0, 0.05) is 17.3 Å². The van der Waals surface area contributed by atoms with Crippen LogP contribution in [0.4, 0.5) is 10.6 Å². The molecule has 4 heterocycles. The lowest BCUT2D eigenvalue weighted by Gasteiger charge is -2.48. The van der Waals surface area contributed by atoms with Crippen LogP contribution in [-0.4, -0.2) is 61.9 Å². The number of carbonyl (C=O) groups excluding carboxylic acids is 1. The predicted octanol–water partition coefficient (Wildman–Crippen LogP) is 2.92. The van der Waals surface area contributed by atoms with Crippen LogP contribution < -0.4 is 5.73 Å². The molecular weight excluding hydrogens is 396 g/mol. The van der Waals surface area contributed by atoms with E-state index < -0.39 is 5.60 Å². The van der Waals surface area contributed by atoms with Crippen LogP contribution in [0.2, 0.25) is 5.15 Å². The SMILES string of the molecule is CC(C)(C)OC(=O)N1[C@@H]2COC[C@H]1CC(n1cc(-c3cc(Cl)nnc3N)cn1)C2. The van der Waals surface area contributed by atoms with E-state index in [-0.39, 0.29) is 29.4 Å². The Balaban J connectivity index is 1.53. The van der Waals surface area contributed by atoms with Gasteiger partial charge in [0.05, 0.1) is 37.5 Å². The lowest BCUT2D eigenvalue weighted by molar-refractivity contribution is -0.0886. The molecule has 2 aromatic heterocycles. The average Bonchev–Trinajstić information content (AvgIpc) is 3.11. The standard InChI is InChI=1S/C19H25ClN6O3/c1-19(2,3)29-18(27)26-13-4-12(5-14(26)10-28-9-13)25-8-11(7-22-25)15-6-16(20)23-24-17(15)21/h6-8,12-14H,4-5,9-10H2,1-3H3,(H2,21,24)/t12?,13-,14+. The molecule has 2 aromatic rings. The summed E-state index contributed by atoms with van der Waals surface area (Å²) in [6, 6.07) is 1.74. The van der Waals surface area contributed by atoms with Crippen LogP contribution >= 0.6 is 11.6 Å². The highest BCUT2D eigenvalue weighted by Crippen LogP contribution is 2.36. The van der Waals surface area contributed by atoms with Crippen molar-refractivity contribution in [3.63, 3.8) is 0 Å². The summed E-state index contributed by atoms with van der Waals surface area (Å²) in [7, 11) is 0. The number of aromatic nitrogens is 4. The third-order valence-corrected chi connectivity index (χ3v) is 5.36. The summed E-state index contributed by atoms with van der Waals surface area (Å²) >= 11 is 5.96. The topological polar surface area (TPSA) is 108 Å². The molecule has 156 valence electrons. The first-order chi connectivity index (χ1) is 13.7. The summed E-state index contributed by atoms with van der Waals surface area (Å²) in [5.41, 5.74) is 6.94. The largest absolute Gasteiger partial charge is 0.444 e. The van der Waals surface area contributed by atoms with Gasteiger partial charge in [-0.3, -0.25) is 9.58 Å². The molecular formula is C19H25ClN6O3. The summed E-state index contributed by atoms with van der Waals surface area (Å²) in [5, 5.41) is 12.4. The Morgan fingerprint density at radius 1 is 1.24 bits per heavy atom. The second-order valence-electron chi connectivity index (χ2n) is 8.53. The van der Waals surface area contributed by atoms with Crippen molar-refractivity contribution in [2.24, 2.45) is 0 Å². The fourth-order valence-electron chi connectivity index (χ4n) is 4.00. The van der Waals surface area contributed by atoms with Gasteiger partial charge in [0.2, 0.25) is 0 Å². The zero-order valence-electron chi connectivity index (χ0n) is 16.7. The molecule has 0 aromatic carbocycles. The minimum absolute atomic E-state index is 0.0443. The fourth-order valence-corrected chi connectivity index (χ4v) is 4.15. The van der Waals surface area contributed by atoms with E-state index in [1.165, 1.54) is 0 Å². The number of hydrogen-bond acceptors (Lipinski definition) is 7. The number of fused-ring (bicyclic) bond motifs is 2. The Morgan fingerprint density at radius 3 is 2.59 bits per heavy atom. The molecule has 2 N–H and O–H groups in total. The number of rotatable bonds is 2. The van der Waals surface area contributed by atoms with E-state index in [2.05, 4.69) is 15.3 Å². The number of piperidine rings is 1. The van der Waals surface area contributed by atoms with Gasteiger partial charge in [-0.1, -0.05) is 11.6 Å². The molecule has 0 radical (unpaired) electrons. The Labute approximate surface area is 174 Å². The van der Waals surface area contributed by atoms with Gasteiger partial charge in [0.1, 0.15) is 5.60 Å². The Kier molecular flexibility index (Phi) is 5.12. The first-order valence-corrected chi connectivity index (χ1v) is 10.0. The third kappa shape index (κ3) is 4.16. The van der Waals surface area contributed by atoms with Crippen LogP contribution in [0.3, 0.4) is 0 Å². The number of nitrogen functional groups attached to an aromatic ring is 1. The van der Waals surface area contributed by atoms with E-state index >= 15 is 0 Å². The number of amides is 1. The Hall–Kier alpha value is -2.39. The quantitative estimate of drug-likeness (QED) is 0.795. The highest BCUT2D eigenvalue weighted by Gasteiger charge is 2.44. The van der Waals surface area contributed by atoms with E-state index in [0.717, 1.165) is 18.4 Å². The number of anilines is 1. The molecule has 10 heteroatoms. The third-order valence-electron chi connectivity index (χ3n) is 5.18. The van der Waals surface area contributed by atoms with Crippen LogP contribution in [0, 0.1) is 0 Å². The van der Waals surface area contributed by atoms with Gasteiger partial charge in [-0.2, -0.15) is 5.10 Å². The summed E-state index contributed by atoms with van der Waals surface area (Å²) in [4.78, 5) is 14.6. The Bertz CT molecular complexity index is 898. The minimum Gasteiger partial charge on any atom is -0.444 e. The molecule has 1 amide bonds. The van der Waals surface area contributed by atoms with Gasteiger partial charge in [0.15, 0.2) is 11.0 Å². The van der Waals surface area contributed by atoms with Crippen molar-refractivity contribution in [3.05, 3.63) is 23.6 Å². The number of nitrogens with zero attached hydrogens (tertiary/aromatic N) is 5. The van der Waals surface area contributed by atoms with Crippen molar-refractivity contribution in [3.8, 4) is 11.1 Å². The summed E-state index contributed by atoms with van der Waals surface area (Å²) in [6.07, 6.45) is 4.88. The summed E-state index contributed by atoms with van der Waals surface area (Å²) < 4.78 is 13.3. The van der Waals surface area contributed by atoms with Gasteiger partial charge in [-0.15, -0.1) is 10.2 Å². The number of hydrogen-bond donors (Lipinski definition) is 1. The van der Waals surface area contributed by atoms with E-state index in [9.17, 15) is 4.79 Å². The van der Waals surface area contributed by atoms with Gasteiger partial charge >= 0.3 is 6.09 Å². The molecule has 2 aliphatic heterocycles. The lowest BCUT2D eigenvalue weighted by Crippen LogP contribution is -2.60. The van der Waals surface area contributed by atoms with Gasteiger partial charge < -0.3 is 15.2 Å². The maximum atomic E-state index is 12.7. The maximum Gasteiger partial charge on any atom is 0.410 e. The van der Waals surface area contributed by atoms with Crippen molar-refractivity contribution >= 4 is 23.5 Å². The van der Waals surface area contributed by atoms with Gasteiger partial charge in [-0.25, -0.2) is 4.79 Å². The second kappa shape index (κ2) is 7.46. The van der Waals surface area contributed by atoms with Crippen LogP contribution in [0.5, 0.6) is 0 Å². The zero-order chi connectivity index (χ0) is 20.8. The normalized spacial score (nSPS) is 24.4. The number of halogens is 1. The second-order valence-corrected chi connectivity index (χ2v) is 8.92. The molecule has 2 bridgehead atoms. The Morgan fingerprint density at radius 2 is 1.93 bits per heavy atom. The van der Waals surface area contributed by atoms with Crippen LogP contribution in [-0.2, 0) is 9.47 Å². The molecule has 0 spiro atoms. The first kappa shape index (κ1) is 19.9. The van der Waals surface area contributed by atoms with Crippen LogP contribution in [0.25, 0.3) is 11.1 Å². The molecule has 0 saturated carbocycles.